The lowest BCUT2D eigenvalue weighted by Crippen LogP contribution is -2.30. The molecule has 0 radical (unpaired) electrons. The fourth-order valence-electron chi connectivity index (χ4n) is 3.22. The van der Waals surface area contributed by atoms with Crippen LogP contribution in [0.25, 0.3) is 0 Å². The quantitative estimate of drug-likeness (QED) is 0.525. The van der Waals surface area contributed by atoms with E-state index < -0.39 is 6.10 Å². The molecule has 2 N–H and O–H groups in total. The van der Waals surface area contributed by atoms with Gasteiger partial charge in [-0.05, 0) is 68.1 Å². The van der Waals surface area contributed by atoms with Crippen molar-refractivity contribution in [1.29, 1.82) is 0 Å². The van der Waals surface area contributed by atoms with Gasteiger partial charge in [-0.25, -0.2) is 0 Å². The third-order valence-corrected chi connectivity index (χ3v) is 4.99. The Bertz CT molecular complexity index is 1010. The van der Waals surface area contributed by atoms with Gasteiger partial charge in [-0.15, -0.1) is 0 Å². The van der Waals surface area contributed by atoms with Gasteiger partial charge in [-0.3, -0.25) is 9.59 Å². The Kier molecular flexibility index (Phi) is 7.44. The largest absolute Gasteiger partial charge is 0.480 e. The minimum Gasteiger partial charge on any atom is -0.480 e. The smallest absolute Gasteiger partial charge is 0.265 e. The third kappa shape index (κ3) is 6.44. The van der Waals surface area contributed by atoms with E-state index in [2.05, 4.69) is 10.6 Å². The predicted molar refractivity (Wildman–Crippen MR) is 124 cm³/mol. The normalized spacial score (nSPS) is 11.5. The number of ether oxygens (including phenoxy) is 1. The Labute approximate surface area is 183 Å². The number of amides is 2. The maximum atomic E-state index is 12.5. The van der Waals surface area contributed by atoms with Crippen LogP contribution in [-0.2, 0) is 16.0 Å². The Morgan fingerprint density at radius 3 is 2.00 bits per heavy atom. The van der Waals surface area contributed by atoms with Gasteiger partial charge in [0.15, 0.2) is 6.10 Å². The molecule has 0 bridgehead atoms. The van der Waals surface area contributed by atoms with E-state index >= 15 is 0 Å². The minimum atomic E-state index is -0.642. The summed E-state index contributed by atoms with van der Waals surface area (Å²) in [6.07, 6.45) is 0.464. The van der Waals surface area contributed by atoms with E-state index in [1.54, 1.807) is 31.2 Å². The summed E-state index contributed by atoms with van der Waals surface area (Å²) in [6, 6.07) is 22.9. The number of hydrogen-bond acceptors (Lipinski definition) is 3. The van der Waals surface area contributed by atoms with Crippen LogP contribution in [0.3, 0.4) is 0 Å². The molecule has 3 aromatic rings. The third-order valence-electron chi connectivity index (χ3n) is 4.99. The molecule has 3 rings (SSSR count). The van der Waals surface area contributed by atoms with Gasteiger partial charge >= 0.3 is 0 Å². The first kappa shape index (κ1) is 22.1. The fourth-order valence-corrected chi connectivity index (χ4v) is 3.22. The highest BCUT2D eigenvalue weighted by Gasteiger charge is 2.17. The number of anilines is 2. The van der Waals surface area contributed by atoms with Crippen LogP contribution in [0.2, 0.25) is 0 Å². The molecule has 1 atom stereocenters. The van der Waals surface area contributed by atoms with Gasteiger partial charge in [0.05, 0.1) is 0 Å². The molecule has 0 aliphatic heterocycles. The summed E-state index contributed by atoms with van der Waals surface area (Å²) in [4.78, 5) is 24.7. The van der Waals surface area contributed by atoms with Crippen LogP contribution in [0.1, 0.15) is 30.0 Å². The first-order valence-electron chi connectivity index (χ1n) is 10.4. The van der Waals surface area contributed by atoms with E-state index in [4.69, 9.17) is 4.74 Å². The molecule has 0 heterocycles. The van der Waals surface area contributed by atoms with E-state index in [1.807, 2.05) is 62.4 Å². The second kappa shape index (κ2) is 10.4. The molecule has 0 aromatic heterocycles. The summed E-state index contributed by atoms with van der Waals surface area (Å²) >= 11 is 0. The van der Waals surface area contributed by atoms with Gasteiger partial charge in [0.2, 0.25) is 5.91 Å². The van der Waals surface area contributed by atoms with Gasteiger partial charge in [-0.2, -0.15) is 0 Å². The van der Waals surface area contributed by atoms with Gasteiger partial charge in [0.25, 0.3) is 5.91 Å². The molecule has 2 amide bonds. The summed E-state index contributed by atoms with van der Waals surface area (Å²) in [7, 11) is 0. The first-order chi connectivity index (χ1) is 14.9. The molecule has 160 valence electrons. The van der Waals surface area contributed by atoms with Crippen molar-refractivity contribution < 1.29 is 14.3 Å². The number of benzene rings is 3. The summed E-state index contributed by atoms with van der Waals surface area (Å²) < 4.78 is 5.88. The van der Waals surface area contributed by atoms with Crippen LogP contribution in [0.4, 0.5) is 11.4 Å². The lowest BCUT2D eigenvalue weighted by atomic mass is 10.1. The van der Waals surface area contributed by atoms with Crippen LogP contribution in [-0.4, -0.2) is 17.9 Å². The maximum Gasteiger partial charge on any atom is 0.265 e. The number of para-hydroxylation sites is 1. The molecule has 5 heteroatoms. The zero-order valence-corrected chi connectivity index (χ0v) is 18.1. The highest BCUT2D eigenvalue weighted by Crippen LogP contribution is 2.24. The Hall–Kier alpha value is -3.60. The fraction of sp³-hybridized carbons (Fsp3) is 0.231. The highest BCUT2D eigenvalue weighted by atomic mass is 16.5. The molecule has 0 aliphatic carbocycles. The lowest BCUT2D eigenvalue weighted by Gasteiger charge is -2.18. The molecule has 0 saturated heterocycles. The van der Waals surface area contributed by atoms with Gasteiger partial charge in [0.1, 0.15) is 5.75 Å². The van der Waals surface area contributed by atoms with Crippen molar-refractivity contribution in [2.24, 2.45) is 0 Å². The van der Waals surface area contributed by atoms with Gasteiger partial charge in [-0.1, -0.05) is 48.5 Å². The van der Waals surface area contributed by atoms with E-state index in [0.717, 1.165) is 22.4 Å². The average molecular weight is 417 g/mol. The van der Waals surface area contributed by atoms with Crippen LogP contribution >= 0.6 is 0 Å². The number of aryl methyl sites for hydroxylation is 3. The SMILES string of the molecule is Cc1cccc(C)c1O[C@@H](C)C(=O)Nc1ccc(NC(=O)CCc2ccccc2)cc1. The number of carbonyl (C=O) groups excluding carboxylic acids is 2. The van der Waals surface area contributed by atoms with E-state index in [0.29, 0.717) is 24.2 Å². The van der Waals surface area contributed by atoms with Crippen LogP contribution in [0.15, 0.2) is 72.8 Å². The Morgan fingerprint density at radius 2 is 1.39 bits per heavy atom. The molecule has 0 spiro atoms. The molecule has 0 saturated carbocycles. The first-order valence-corrected chi connectivity index (χ1v) is 10.4. The average Bonchev–Trinajstić information content (AvgIpc) is 2.77. The van der Waals surface area contributed by atoms with Crippen molar-refractivity contribution >= 4 is 23.2 Å². The molecule has 5 nitrogen and oxygen atoms in total. The van der Waals surface area contributed by atoms with Crippen LogP contribution in [0, 0.1) is 13.8 Å². The molecular formula is C26H28N2O3. The van der Waals surface area contributed by atoms with E-state index in [1.165, 1.54) is 0 Å². The monoisotopic (exact) mass is 416 g/mol. The molecule has 0 unspecified atom stereocenters. The zero-order chi connectivity index (χ0) is 22.2. The number of hydrogen-bond donors (Lipinski definition) is 2. The van der Waals surface area contributed by atoms with E-state index in [9.17, 15) is 9.59 Å². The Morgan fingerprint density at radius 1 is 0.806 bits per heavy atom. The molecule has 0 aliphatic rings. The number of nitrogens with one attached hydrogen (secondary N) is 2. The van der Waals surface area contributed by atoms with Crippen molar-refractivity contribution in [3.05, 3.63) is 89.5 Å². The minimum absolute atomic E-state index is 0.0451. The standard InChI is InChI=1S/C26H28N2O3/c1-18-8-7-9-19(2)25(18)31-20(3)26(30)28-23-15-13-22(14-16-23)27-24(29)17-12-21-10-5-4-6-11-21/h4-11,13-16,20H,12,17H2,1-3H3,(H,27,29)(H,28,30)/t20-/m0/s1. The molecular weight excluding hydrogens is 388 g/mol. The van der Waals surface area contributed by atoms with Crippen LogP contribution in [0.5, 0.6) is 5.75 Å². The maximum absolute atomic E-state index is 12.5. The zero-order valence-electron chi connectivity index (χ0n) is 18.1. The highest BCUT2D eigenvalue weighted by molar-refractivity contribution is 5.95. The Balaban J connectivity index is 1.50. The number of rotatable bonds is 8. The molecule has 31 heavy (non-hydrogen) atoms. The van der Waals surface area contributed by atoms with Crippen LogP contribution < -0.4 is 15.4 Å². The second-order valence-corrected chi connectivity index (χ2v) is 7.58. The summed E-state index contributed by atoms with van der Waals surface area (Å²) in [6.45, 7) is 5.64. The molecule has 0 fully saturated rings. The second-order valence-electron chi connectivity index (χ2n) is 7.58. The summed E-state index contributed by atoms with van der Waals surface area (Å²) in [5, 5.41) is 5.74. The van der Waals surface area contributed by atoms with Crippen molar-refractivity contribution in [3.8, 4) is 5.75 Å². The lowest BCUT2D eigenvalue weighted by molar-refractivity contribution is -0.122. The number of carbonyl (C=O) groups is 2. The van der Waals surface area contributed by atoms with E-state index in [-0.39, 0.29) is 11.8 Å². The van der Waals surface area contributed by atoms with Crippen molar-refractivity contribution in [2.75, 3.05) is 10.6 Å². The van der Waals surface area contributed by atoms with Crippen molar-refractivity contribution in [3.63, 3.8) is 0 Å². The van der Waals surface area contributed by atoms with Gasteiger partial charge < -0.3 is 15.4 Å². The van der Waals surface area contributed by atoms with Crippen molar-refractivity contribution in [1.82, 2.24) is 0 Å². The van der Waals surface area contributed by atoms with Crippen molar-refractivity contribution in [2.45, 2.75) is 39.7 Å². The topological polar surface area (TPSA) is 67.4 Å². The summed E-state index contributed by atoms with van der Waals surface area (Å²) in [5.41, 5.74) is 4.45. The molecule has 3 aromatic carbocycles. The predicted octanol–water partition coefficient (Wildman–Crippen LogP) is 5.28. The van der Waals surface area contributed by atoms with Gasteiger partial charge in [0, 0.05) is 17.8 Å². The summed E-state index contributed by atoms with van der Waals surface area (Å²) in [5.74, 6) is 0.456.